The third-order valence-corrected chi connectivity index (χ3v) is 3.02. The van der Waals surface area contributed by atoms with E-state index in [2.05, 4.69) is 6.07 Å². The zero-order chi connectivity index (χ0) is 12.2. The standard InChI is InChI=1S/C13H16FNO/c1-3-10(9-15)13(16,4-2)11-7-5-6-8-12(11)14/h5-8,10,16H,3-4H2,1-2H3. The fourth-order valence-corrected chi connectivity index (χ4v) is 1.97. The van der Waals surface area contributed by atoms with E-state index in [9.17, 15) is 9.50 Å². The Morgan fingerprint density at radius 1 is 1.44 bits per heavy atom. The molecular weight excluding hydrogens is 205 g/mol. The zero-order valence-corrected chi connectivity index (χ0v) is 9.57. The van der Waals surface area contributed by atoms with Crippen molar-refractivity contribution in [1.29, 1.82) is 5.26 Å². The maximum atomic E-state index is 13.6. The Morgan fingerprint density at radius 2 is 2.06 bits per heavy atom. The number of nitrogens with zero attached hydrogens (tertiary/aromatic N) is 1. The molecule has 0 spiro atoms. The van der Waals surface area contributed by atoms with Gasteiger partial charge in [-0.2, -0.15) is 5.26 Å². The summed E-state index contributed by atoms with van der Waals surface area (Å²) in [4.78, 5) is 0. The highest BCUT2D eigenvalue weighted by molar-refractivity contribution is 5.26. The van der Waals surface area contributed by atoms with Crippen molar-refractivity contribution in [2.24, 2.45) is 5.92 Å². The summed E-state index contributed by atoms with van der Waals surface area (Å²) in [5, 5.41) is 19.5. The van der Waals surface area contributed by atoms with Crippen molar-refractivity contribution in [2.45, 2.75) is 32.3 Å². The number of hydrogen-bond acceptors (Lipinski definition) is 2. The molecule has 0 bridgehead atoms. The SMILES string of the molecule is CCC(C#N)C(O)(CC)c1ccccc1F. The van der Waals surface area contributed by atoms with Gasteiger partial charge in [-0.15, -0.1) is 0 Å². The van der Waals surface area contributed by atoms with Gasteiger partial charge in [-0.3, -0.25) is 0 Å². The fourth-order valence-electron chi connectivity index (χ4n) is 1.97. The van der Waals surface area contributed by atoms with Crippen molar-refractivity contribution in [3.63, 3.8) is 0 Å². The number of halogens is 1. The molecule has 0 fully saturated rings. The highest BCUT2D eigenvalue weighted by atomic mass is 19.1. The molecule has 0 saturated carbocycles. The lowest BCUT2D eigenvalue weighted by molar-refractivity contribution is -0.0112. The van der Waals surface area contributed by atoms with Crippen molar-refractivity contribution >= 4 is 0 Å². The lowest BCUT2D eigenvalue weighted by Crippen LogP contribution is -2.34. The quantitative estimate of drug-likeness (QED) is 0.849. The van der Waals surface area contributed by atoms with Crippen molar-refractivity contribution in [1.82, 2.24) is 0 Å². The van der Waals surface area contributed by atoms with E-state index in [-0.39, 0.29) is 5.56 Å². The van der Waals surface area contributed by atoms with E-state index in [1.165, 1.54) is 6.07 Å². The molecule has 0 heterocycles. The molecular formula is C13H16FNO. The first-order chi connectivity index (χ1) is 7.60. The van der Waals surface area contributed by atoms with Gasteiger partial charge in [0.1, 0.15) is 11.4 Å². The second-order valence-electron chi connectivity index (χ2n) is 3.85. The van der Waals surface area contributed by atoms with Gasteiger partial charge in [-0.05, 0) is 18.9 Å². The first-order valence-corrected chi connectivity index (χ1v) is 5.47. The smallest absolute Gasteiger partial charge is 0.129 e. The number of benzene rings is 1. The molecule has 2 nitrogen and oxygen atoms in total. The molecule has 1 rings (SSSR count). The van der Waals surface area contributed by atoms with E-state index in [1.54, 1.807) is 25.1 Å². The second kappa shape index (κ2) is 5.09. The summed E-state index contributed by atoms with van der Waals surface area (Å²) >= 11 is 0. The van der Waals surface area contributed by atoms with Crippen LogP contribution in [-0.4, -0.2) is 5.11 Å². The van der Waals surface area contributed by atoms with Crippen molar-refractivity contribution in [3.05, 3.63) is 35.6 Å². The van der Waals surface area contributed by atoms with E-state index in [4.69, 9.17) is 5.26 Å². The van der Waals surface area contributed by atoms with Crippen LogP contribution in [0.1, 0.15) is 32.3 Å². The van der Waals surface area contributed by atoms with Crippen LogP contribution in [0.3, 0.4) is 0 Å². The average molecular weight is 221 g/mol. The van der Waals surface area contributed by atoms with Gasteiger partial charge in [-0.1, -0.05) is 32.0 Å². The van der Waals surface area contributed by atoms with Gasteiger partial charge >= 0.3 is 0 Å². The van der Waals surface area contributed by atoms with E-state index in [0.717, 1.165) is 0 Å². The molecule has 2 unspecified atom stereocenters. The molecule has 0 saturated heterocycles. The highest BCUT2D eigenvalue weighted by Gasteiger charge is 2.37. The first kappa shape index (κ1) is 12.7. The second-order valence-corrected chi connectivity index (χ2v) is 3.85. The van der Waals surface area contributed by atoms with Crippen LogP contribution in [0.2, 0.25) is 0 Å². The summed E-state index contributed by atoms with van der Waals surface area (Å²) in [5.74, 6) is -1.05. The monoisotopic (exact) mass is 221 g/mol. The van der Waals surface area contributed by atoms with E-state index < -0.39 is 17.3 Å². The number of aliphatic hydroxyl groups is 1. The lowest BCUT2D eigenvalue weighted by Gasteiger charge is -2.31. The summed E-state index contributed by atoms with van der Waals surface area (Å²) in [6.45, 7) is 3.57. The predicted octanol–water partition coefficient (Wildman–Crippen LogP) is 2.97. The van der Waals surface area contributed by atoms with E-state index in [0.29, 0.717) is 12.8 Å². The minimum Gasteiger partial charge on any atom is -0.384 e. The van der Waals surface area contributed by atoms with Gasteiger partial charge in [0.05, 0.1) is 12.0 Å². The molecule has 0 amide bonds. The third-order valence-electron chi connectivity index (χ3n) is 3.02. The Labute approximate surface area is 95.3 Å². The molecule has 1 aromatic rings. The maximum absolute atomic E-state index is 13.6. The largest absolute Gasteiger partial charge is 0.384 e. The van der Waals surface area contributed by atoms with Crippen molar-refractivity contribution in [3.8, 4) is 6.07 Å². The maximum Gasteiger partial charge on any atom is 0.129 e. The lowest BCUT2D eigenvalue weighted by atomic mass is 9.78. The van der Waals surface area contributed by atoms with Crippen LogP contribution in [0.4, 0.5) is 4.39 Å². The van der Waals surface area contributed by atoms with Gasteiger partial charge in [0.2, 0.25) is 0 Å². The minimum atomic E-state index is -1.39. The normalized spacial score (nSPS) is 16.2. The topological polar surface area (TPSA) is 44.0 Å². The Balaban J connectivity index is 3.25. The average Bonchev–Trinajstić information content (AvgIpc) is 2.30. The van der Waals surface area contributed by atoms with E-state index >= 15 is 0 Å². The molecule has 1 aromatic carbocycles. The van der Waals surface area contributed by atoms with Gasteiger partial charge < -0.3 is 5.11 Å². The van der Waals surface area contributed by atoms with Crippen molar-refractivity contribution in [2.75, 3.05) is 0 Å². The summed E-state index contributed by atoms with van der Waals surface area (Å²) in [7, 11) is 0. The predicted molar refractivity (Wildman–Crippen MR) is 60.0 cm³/mol. The summed E-state index contributed by atoms with van der Waals surface area (Å²) < 4.78 is 13.6. The molecule has 3 heteroatoms. The van der Waals surface area contributed by atoms with Crippen LogP contribution in [0.25, 0.3) is 0 Å². The molecule has 1 N–H and O–H groups in total. The molecule has 0 aliphatic rings. The minimum absolute atomic E-state index is 0.214. The summed E-state index contributed by atoms with van der Waals surface area (Å²) in [6.07, 6.45) is 0.815. The van der Waals surface area contributed by atoms with Gasteiger partial charge in [0.15, 0.2) is 0 Å². The summed E-state index contributed by atoms with van der Waals surface area (Å²) in [6, 6.07) is 8.14. The highest BCUT2D eigenvalue weighted by Crippen LogP contribution is 2.35. The third kappa shape index (κ3) is 2.07. The zero-order valence-electron chi connectivity index (χ0n) is 9.57. The molecule has 0 aliphatic heterocycles. The Kier molecular flexibility index (Phi) is 4.03. The van der Waals surface area contributed by atoms with Crippen molar-refractivity contribution < 1.29 is 9.50 Å². The number of nitriles is 1. The van der Waals surface area contributed by atoms with Crippen LogP contribution >= 0.6 is 0 Å². The summed E-state index contributed by atoms with van der Waals surface area (Å²) in [5.41, 5.74) is -1.18. The molecule has 0 aliphatic carbocycles. The molecule has 0 aromatic heterocycles. The molecule has 16 heavy (non-hydrogen) atoms. The van der Waals surface area contributed by atoms with Gasteiger partial charge in [0.25, 0.3) is 0 Å². The fraction of sp³-hybridized carbons (Fsp3) is 0.462. The van der Waals surface area contributed by atoms with Crippen LogP contribution in [-0.2, 0) is 5.60 Å². The molecule has 0 radical (unpaired) electrons. The Bertz CT molecular complexity index is 399. The van der Waals surface area contributed by atoms with E-state index in [1.807, 2.05) is 6.92 Å². The van der Waals surface area contributed by atoms with Crippen LogP contribution in [0.5, 0.6) is 0 Å². The van der Waals surface area contributed by atoms with Gasteiger partial charge in [0, 0.05) is 5.56 Å². The molecule has 86 valence electrons. The van der Waals surface area contributed by atoms with Gasteiger partial charge in [-0.25, -0.2) is 4.39 Å². The molecule has 2 atom stereocenters. The Morgan fingerprint density at radius 3 is 2.50 bits per heavy atom. The van der Waals surface area contributed by atoms with Crippen LogP contribution in [0.15, 0.2) is 24.3 Å². The Hall–Kier alpha value is -1.40. The number of rotatable bonds is 4. The first-order valence-electron chi connectivity index (χ1n) is 5.47. The number of hydrogen-bond donors (Lipinski definition) is 1. The van der Waals surface area contributed by atoms with Crippen LogP contribution in [0, 0.1) is 23.1 Å². The van der Waals surface area contributed by atoms with Crippen LogP contribution < -0.4 is 0 Å².